The van der Waals surface area contributed by atoms with Gasteiger partial charge in [0.05, 0.1) is 31.8 Å². The van der Waals surface area contributed by atoms with Crippen molar-refractivity contribution in [2.24, 2.45) is 0 Å². The molecule has 61 heavy (non-hydrogen) atoms. The number of aliphatic hydroxyl groups is 3. The van der Waals surface area contributed by atoms with E-state index in [1.165, 1.54) is 6.92 Å². The summed E-state index contributed by atoms with van der Waals surface area (Å²) in [4.78, 5) is 102. The average molecular weight is 868 g/mol. The average Bonchev–Trinajstić information content (AvgIpc) is 3.13. The van der Waals surface area contributed by atoms with Gasteiger partial charge in [-0.15, -0.1) is 0 Å². The van der Waals surface area contributed by atoms with Gasteiger partial charge in [-0.25, -0.2) is 4.79 Å². The fourth-order valence-electron chi connectivity index (χ4n) is 5.71. The minimum absolute atomic E-state index is 0.0972. The zero-order valence-electron chi connectivity index (χ0n) is 35.8. The number of aliphatic hydroxyl groups excluding tert-OH is 3. The summed E-state index contributed by atoms with van der Waals surface area (Å²) < 4.78 is 16.9. The van der Waals surface area contributed by atoms with Gasteiger partial charge in [0.1, 0.15) is 53.8 Å². The van der Waals surface area contributed by atoms with E-state index in [2.05, 4.69) is 37.2 Å². The highest BCUT2D eigenvalue weighted by atomic mass is 16.5. The molecule has 0 spiro atoms. The van der Waals surface area contributed by atoms with Crippen LogP contribution in [0.25, 0.3) is 0 Å². The molecule has 1 saturated heterocycles. The lowest BCUT2D eigenvalue weighted by Gasteiger charge is -2.42. The van der Waals surface area contributed by atoms with Crippen LogP contribution < -0.4 is 42.0 Å². The highest BCUT2D eigenvalue weighted by molar-refractivity contribution is 5.96. The van der Waals surface area contributed by atoms with Gasteiger partial charge in [0.2, 0.25) is 41.4 Å². The maximum Gasteiger partial charge on any atom is 0.328 e. The van der Waals surface area contributed by atoms with Crippen LogP contribution in [0.15, 0.2) is 24.3 Å². The van der Waals surface area contributed by atoms with Gasteiger partial charge < -0.3 is 71.9 Å². The summed E-state index contributed by atoms with van der Waals surface area (Å²) in [5.41, 5.74) is -0.630. The van der Waals surface area contributed by atoms with Crippen molar-refractivity contribution in [1.29, 1.82) is 0 Å². The number of aliphatic carboxylic acids is 1. The molecule has 22 nitrogen and oxygen atoms in total. The molecule has 11 N–H and O–H groups in total. The van der Waals surface area contributed by atoms with E-state index in [1.54, 1.807) is 45.0 Å². The molecule has 9 atom stereocenters. The molecule has 2 rings (SSSR count). The minimum atomic E-state index is -1.67. The zero-order valence-corrected chi connectivity index (χ0v) is 35.8. The number of amides is 7. The first-order valence-electron chi connectivity index (χ1n) is 19.5. The lowest BCUT2D eigenvalue weighted by Crippen LogP contribution is -2.68. The summed E-state index contributed by atoms with van der Waals surface area (Å²) in [5, 5.41) is 56.5. The number of carboxylic acids is 1. The van der Waals surface area contributed by atoms with Crippen LogP contribution in [0.4, 0.5) is 0 Å². The van der Waals surface area contributed by atoms with Gasteiger partial charge in [0, 0.05) is 20.3 Å². The molecule has 0 radical (unpaired) electrons. The third kappa shape index (κ3) is 18.4. The van der Waals surface area contributed by atoms with Gasteiger partial charge in [-0.1, -0.05) is 12.1 Å². The number of hydrogen-bond acceptors (Lipinski definition) is 14. The Kier molecular flexibility index (Phi) is 19.5. The molecule has 1 aromatic rings. The molecule has 342 valence electrons. The lowest BCUT2D eigenvalue weighted by molar-refractivity contribution is -0.203. The molecule has 0 aliphatic carbocycles. The molecule has 0 unspecified atom stereocenters. The molecule has 1 aliphatic rings. The molecule has 1 aliphatic heterocycles. The summed E-state index contributed by atoms with van der Waals surface area (Å²) in [6.07, 6.45) is -6.95. The van der Waals surface area contributed by atoms with Gasteiger partial charge >= 0.3 is 5.97 Å². The van der Waals surface area contributed by atoms with Crippen LogP contribution in [0, 0.1) is 0 Å². The molecule has 1 aromatic carbocycles. The van der Waals surface area contributed by atoms with E-state index in [0.29, 0.717) is 11.3 Å². The van der Waals surface area contributed by atoms with Crippen molar-refractivity contribution in [3.63, 3.8) is 0 Å². The number of carbonyl (C=O) groups excluding carboxylic acids is 7. The number of nitrogens with one attached hydrogen (secondary N) is 7. The van der Waals surface area contributed by atoms with Crippen LogP contribution in [0.2, 0.25) is 0 Å². The molecule has 1 heterocycles. The SMILES string of the molecule is CC(=O)N[C@@H]1[C@@H](O)[C@H](O)[C@@H](CO)O[C@H]1NC(=O)C[C@H](NC(C)=O)C(=O)NCC(=O)N[C@@H](C)C(=O)N[C@@H](Cc1ccc(OC(C)(C)C)cc1)C(=O)N[C@@H](COC(C)(C)C)C(=O)O. The molecule has 0 bridgehead atoms. The van der Waals surface area contributed by atoms with Crippen LogP contribution in [-0.4, -0.2) is 153 Å². The predicted molar refractivity (Wildman–Crippen MR) is 214 cm³/mol. The fraction of sp³-hybridized carbons (Fsp3) is 0.641. The largest absolute Gasteiger partial charge is 0.488 e. The standard InChI is InChI=1S/C39H61N7O15/c1-19(33(54)44-24(14-22-10-12-23(13-11-22)61-39(7,8)9)35(56)45-26(37(57)58)18-59-38(4,5)6)41-29(51)16-40-34(55)25(42-20(2)48)15-28(50)46-36-30(43-21(3)49)32(53)31(52)27(17-47)60-36/h10-13,19,24-27,30-32,36,47,52-53H,14-18H2,1-9H3,(H,40,55)(H,41,51)(H,42,48)(H,43,49)(H,44,54)(H,45,56)(H,46,50)(H,57,58)/t19-,24-,25-,26-,27+,30+,31+,32+,36+/m0/s1. The quantitative estimate of drug-likeness (QED) is 0.0617. The maximum atomic E-state index is 13.5. The second-order valence-corrected chi connectivity index (χ2v) is 16.5. The minimum Gasteiger partial charge on any atom is -0.488 e. The van der Waals surface area contributed by atoms with Crippen molar-refractivity contribution in [3.8, 4) is 5.75 Å². The molecular formula is C39H61N7O15. The topological polar surface area (TPSA) is 329 Å². The second kappa shape index (κ2) is 23.0. The third-order valence-corrected chi connectivity index (χ3v) is 8.59. The monoisotopic (exact) mass is 867 g/mol. The van der Waals surface area contributed by atoms with E-state index in [1.807, 2.05) is 20.8 Å². The Morgan fingerprint density at radius 3 is 1.87 bits per heavy atom. The van der Waals surface area contributed by atoms with Crippen molar-refractivity contribution >= 4 is 47.3 Å². The van der Waals surface area contributed by atoms with Gasteiger partial charge in [0.15, 0.2) is 12.3 Å². The number of benzene rings is 1. The van der Waals surface area contributed by atoms with Crippen molar-refractivity contribution in [2.75, 3.05) is 19.8 Å². The molecular weight excluding hydrogens is 806 g/mol. The number of carbonyl (C=O) groups is 8. The zero-order chi connectivity index (χ0) is 46.4. The van der Waals surface area contributed by atoms with E-state index in [9.17, 15) is 58.8 Å². The number of carboxylic acid groups (broad SMARTS) is 1. The first kappa shape index (κ1) is 51.7. The van der Waals surface area contributed by atoms with Crippen LogP contribution in [0.1, 0.15) is 74.3 Å². The summed E-state index contributed by atoms with van der Waals surface area (Å²) in [5.74, 6) is -6.72. The normalized spacial score (nSPS) is 21.0. The van der Waals surface area contributed by atoms with Crippen LogP contribution in [0.3, 0.4) is 0 Å². The predicted octanol–water partition coefficient (Wildman–Crippen LogP) is -3.15. The van der Waals surface area contributed by atoms with Gasteiger partial charge in [0.25, 0.3) is 0 Å². The summed E-state index contributed by atoms with van der Waals surface area (Å²) in [6, 6.07) is -0.342. The summed E-state index contributed by atoms with van der Waals surface area (Å²) in [7, 11) is 0. The maximum absolute atomic E-state index is 13.5. The van der Waals surface area contributed by atoms with Crippen LogP contribution in [-0.2, 0) is 54.3 Å². The first-order valence-corrected chi connectivity index (χ1v) is 19.5. The van der Waals surface area contributed by atoms with Gasteiger partial charge in [-0.3, -0.25) is 33.6 Å². The molecule has 0 aromatic heterocycles. The number of ether oxygens (including phenoxy) is 3. The Morgan fingerprint density at radius 1 is 0.738 bits per heavy atom. The highest BCUT2D eigenvalue weighted by Gasteiger charge is 2.45. The summed E-state index contributed by atoms with van der Waals surface area (Å²) >= 11 is 0. The lowest BCUT2D eigenvalue weighted by atomic mass is 9.95. The Bertz CT molecular complexity index is 1710. The summed E-state index contributed by atoms with van der Waals surface area (Å²) in [6.45, 7) is 12.3. The van der Waals surface area contributed by atoms with Crippen molar-refractivity contribution in [1.82, 2.24) is 37.2 Å². The van der Waals surface area contributed by atoms with Gasteiger partial charge in [-0.05, 0) is 66.2 Å². The Hall–Kier alpha value is -5.42. The van der Waals surface area contributed by atoms with E-state index < -0.39 is 133 Å². The number of hydrogen-bond donors (Lipinski definition) is 11. The first-order chi connectivity index (χ1) is 28.2. The third-order valence-electron chi connectivity index (χ3n) is 8.59. The van der Waals surface area contributed by atoms with E-state index >= 15 is 0 Å². The molecule has 1 fully saturated rings. The Labute approximate surface area is 353 Å². The van der Waals surface area contributed by atoms with Gasteiger partial charge in [-0.2, -0.15) is 0 Å². The Morgan fingerprint density at radius 2 is 1.34 bits per heavy atom. The Balaban J connectivity index is 2.13. The molecule has 7 amide bonds. The molecule has 0 saturated carbocycles. The van der Waals surface area contributed by atoms with E-state index in [4.69, 9.17) is 14.2 Å². The smallest absolute Gasteiger partial charge is 0.328 e. The second-order valence-electron chi connectivity index (χ2n) is 16.5. The fourth-order valence-corrected chi connectivity index (χ4v) is 5.71. The van der Waals surface area contributed by atoms with Crippen LogP contribution in [0.5, 0.6) is 5.75 Å². The highest BCUT2D eigenvalue weighted by Crippen LogP contribution is 2.21. The van der Waals surface area contributed by atoms with Crippen LogP contribution >= 0.6 is 0 Å². The van der Waals surface area contributed by atoms with Crippen molar-refractivity contribution in [3.05, 3.63) is 29.8 Å². The van der Waals surface area contributed by atoms with E-state index in [0.717, 1.165) is 13.8 Å². The van der Waals surface area contributed by atoms with E-state index in [-0.39, 0.29) is 13.0 Å². The van der Waals surface area contributed by atoms with Crippen molar-refractivity contribution in [2.45, 2.75) is 141 Å². The number of rotatable bonds is 20. The van der Waals surface area contributed by atoms with Crippen molar-refractivity contribution < 1.29 is 73.0 Å². The molecule has 22 heteroatoms.